The van der Waals surface area contributed by atoms with Crippen molar-refractivity contribution in [3.8, 4) is 0 Å². The highest BCUT2D eigenvalue weighted by Gasteiger charge is 2.24. The minimum Gasteiger partial charge on any atom is -0.396 e. The maximum Gasteiger partial charge on any atom is 0.0479 e. The molecule has 0 spiro atoms. The molecule has 0 heterocycles. The van der Waals surface area contributed by atoms with Crippen LogP contribution in [-0.2, 0) is 5.41 Å². The summed E-state index contributed by atoms with van der Waals surface area (Å²) in [4.78, 5) is 0. The molecule has 0 aliphatic heterocycles. The average Bonchev–Trinajstić information content (AvgIpc) is 2.28. The molecule has 2 unspecified atom stereocenters. The Hall–Kier alpha value is -0.860. The predicted molar refractivity (Wildman–Crippen MR) is 82.2 cm³/mol. The lowest BCUT2D eigenvalue weighted by molar-refractivity contribution is 0.165. The summed E-state index contributed by atoms with van der Waals surface area (Å²) in [6.07, 6.45) is 0. The van der Waals surface area contributed by atoms with E-state index < -0.39 is 0 Å². The number of aryl methyl sites for hydroxylation is 1. The van der Waals surface area contributed by atoms with Gasteiger partial charge in [-0.3, -0.25) is 0 Å². The summed E-state index contributed by atoms with van der Waals surface area (Å²) in [5, 5.41) is 9.57. The molecule has 0 bridgehead atoms. The van der Waals surface area contributed by atoms with Crippen LogP contribution in [0.15, 0.2) is 18.2 Å². The second-order valence-electron chi connectivity index (χ2n) is 6.94. The summed E-state index contributed by atoms with van der Waals surface area (Å²) in [6.45, 7) is 13.1. The quantitative estimate of drug-likeness (QED) is 0.872. The fraction of sp³-hybridized carbons (Fsp3) is 0.647. The van der Waals surface area contributed by atoms with Gasteiger partial charge in [-0.15, -0.1) is 0 Å². The molecule has 2 heteroatoms. The fourth-order valence-electron chi connectivity index (χ4n) is 2.44. The van der Waals surface area contributed by atoms with Gasteiger partial charge in [-0.05, 0) is 34.9 Å². The summed E-state index contributed by atoms with van der Waals surface area (Å²) in [5.74, 6) is 0.478. The first-order valence-electron chi connectivity index (χ1n) is 7.16. The third kappa shape index (κ3) is 3.80. The van der Waals surface area contributed by atoms with Crippen LogP contribution in [0.25, 0.3) is 0 Å². The molecule has 2 nitrogen and oxygen atoms in total. The molecule has 0 amide bonds. The Balaban J connectivity index is 3.18. The summed E-state index contributed by atoms with van der Waals surface area (Å²) < 4.78 is 0. The van der Waals surface area contributed by atoms with Crippen LogP contribution in [0, 0.1) is 18.8 Å². The Morgan fingerprint density at radius 3 is 2.21 bits per heavy atom. The third-order valence-electron chi connectivity index (χ3n) is 4.03. The zero-order valence-corrected chi connectivity index (χ0v) is 13.2. The highest BCUT2D eigenvalue weighted by molar-refractivity contribution is 5.36. The molecule has 0 fully saturated rings. The van der Waals surface area contributed by atoms with Crippen LogP contribution in [0.2, 0.25) is 0 Å². The Morgan fingerprint density at radius 1 is 1.21 bits per heavy atom. The number of aliphatic hydroxyl groups is 1. The van der Waals surface area contributed by atoms with Crippen LogP contribution in [0.4, 0.5) is 0 Å². The molecular formula is C17H29NO. The van der Waals surface area contributed by atoms with Crippen LogP contribution < -0.4 is 5.73 Å². The fourth-order valence-corrected chi connectivity index (χ4v) is 2.44. The van der Waals surface area contributed by atoms with E-state index in [1.54, 1.807) is 0 Å². The summed E-state index contributed by atoms with van der Waals surface area (Å²) in [5.41, 5.74) is 10.2. The predicted octanol–water partition coefficient (Wildman–Crippen LogP) is 3.56. The molecule has 3 N–H and O–H groups in total. The monoisotopic (exact) mass is 263 g/mol. The average molecular weight is 263 g/mol. The van der Waals surface area contributed by atoms with E-state index in [1.165, 1.54) is 16.7 Å². The van der Waals surface area contributed by atoms with Crippen molar-refractivity contribution in [2.45, 2.75) is 53.0 Å². The van der Waals surface area contributed by atoms with Crippen molar-refractivity contribution >= 4 is 0 Å². The van der Waals surface area contributed by atoms with Gasteiger partial charge >= 0.3 is 0 Å². The maximum absolute atomic E-state index is 9.57. The van der Waals surface area contributed by atoms with E-state index in [9.17, 15) is 5.11 Å². The molecule has 1 aromatic carbocycles. The van der Waals surface area contributed by atoms with Gasteiger partial charge < -0.3 is 10.8 Å². The third-order valence-corrected chi connectivity index (χ3v) is 4.03. The highest BCUT2D eigenvalue weighted by atomic mass is 16.3. The van der Waals surface area contributed by atoms with Crippen LogP contribution in [0.5, 0.6) is 0 Å². The maximum atomic E-state index is 9.57. The standard InChI is InChI=1S/C17H29NO/c1-11(2)15(10-19)16(18)14-9-13(17(4,5)6)8-7-12(14)3/h7-9,11,15-16,19H,10,18H2,1-6H3. The van der Waals surface area contributed by atoms with Gasteiger partial charge in [0.15, 0.2) is 0 Å². The van der Waals surface area contributed by atoms with E-state index in [0.29, 0.717) is 5.92 Å². The lowest BCUT2D eigenvalue weighted by atomic mass is 9.80. The van der Waals surface area contributed by atoms with Gasteiger partial charge in [-0.2, -0.15) is 0 Å². The van der Waals surface area contributed by atoms with Crippen LogP contribution >= 0.6 is 0 Å². The van der Waals surface area contributed by atoms with Crippen molar-refractivity contribution in [3.63, 3.8) is 0 Å². The second kappa shape index (κ2) is 6.06. The van der Waals surface area contributed by atoms with Crippen molar-refractivity contribution in [2.24, 2.45) is 17.6 Å². The topological polar surface area (TPSA) is 46.2 Å². The zero-order chi connectivity index (χ0) is 14.8. The van der Waals surface area contributed by atoms with Gasteiger partial charge in [0.25, 0.3) is 0 Å². The van der Waals surface area contributed by atoms with E-state index in [4.69, 9.17) is 5.73 Å². The highest BCUT2D eigenvalue weighted by Crippen LogP contribution is 2.31. The molecule has 0 aromatic heterocycles. The van der Waals surface area contributed by atoms with E-state index in [-0.39, 0.29) is 24.0 Å². The Morgan fingerprint density at radius 2 is 1.79 bits per heavy atom. The van der Waals surface area contributed by atoms with E-state index in [2.05, 4.69) is 59.7 Å². The number of hydrogen-bond donors (Lipinski definition) is 2. The van der Waals surface area contributed by atoms with Gasteiger partial charge in [-0.25, -0.2) is 0 Å². The summed E-state index contributed by atoms with van der Waals surface area (Å²) in [7, 11) is 0. The molecule has 108 valence electrons. The second-order valence-corrected chi connectivity index (χ2v) is 6.94. The smallest absolute Gasteiger partial charge is 0.0479 e. The first-order chi connectivity index (χ1) is 8.68. The van der Waals surface area contributed by atoms with E-state index in [1.807, 2.05) is 0 Å². The molecule has 2 atom stereocenters. The van der Waals surface area contributed by atoms with Crippen LogP contribution in [0.1, 0.15) is 57.4 Å². The van der Waals surface area contributed by atoms with Crippen molar-refractivity contribution in [2.75, 3.05) is 6.61 Å². The molecule has 0 aliphatic carbocycles. The zero-order valence-electron chi connectivity index (χ0n) is 13.2. The van der Waals surface area contributed by atoms with Gasteiger partial charge in [0, 0.05) is 18.6 Å². The Labute approximate surface area is 118 Å². The molecule has 1 aromatic rings. The first kappa shape index (κ1) is 16.2. The SMILES string of the molecule is Cc1ccc(C(C)(C)C)cc1C(N)C(CO)C(C)C. The molecule has 0 aliphatic rings. The number of aliphatic hydroxyl groups excluding tert-OH is 1. The number of hydrogen-bond acceptors (Lipinski definition) is 2. The molecular weight excluding hydrogens is 234 g/mol. The van der Waals surface area contributed by atoms with Gasteiger partial charge in [0.2, 0.25) is 0 Å². The lowest BCUT2D eigenvalue weighted by Gasteiger charge is -2.29. The summed E-state index contributed by atoms with van der Waals surface area (Å²) >= 11 is 0. The minimum atomic E-state index is -0.104. The van der Waals surface area contributed by atoms with Crippen molar-refractivity contribution in [3.05, 3.63) is 34.9 Å². The van der Waals surface area contributed by atoms with Crippen molar-refractivity contribution in [1.29, 1.82) is 0 Å². The minimum absolute atomic E-state index is 0.104. The van der Waals surface area contributed by atoms with Gasteiger partial charge in [-0.1, -0.05) is 52.8 Å². The Kier molecular flexibility index (Phi) is 5.17. The van der Waals surface area contributed by atoms with Crippen molar-refractivity contribution in [1.82, 2.24) is 0 Å². The molecule has 0 radical (unpaired) electrons. The Bertz CT molecular complexity index is 418. The molecule has 0 saturated heterocycles. The normalized spacial score (nSPS) is 15.6. The number of rotatable bonds is 4. The van der Waals surface area contributed by atoms with Crippen LogP contribution in [0.3, 0.4) is 0 Å². The number of benzene rings is 1. The van der Waals surface area contributed by atoms with E-state index in [0.717, 1.165) is 0 Å². The van der Waals surface area contributed by atoms with Crippen molar-refractivity contribution < 1.29 is 5.11 Å². The van der Waals surface area contributed by atoms with Gasteiger partial charge in [0.05, 0.1) is 0 Å². The number of nitrogens with two attached hydrogens (primary N) is 1. The van der Waals surface area contributed by atoms with Gasteiger partial charge in [0.1, 0.15) is 0 Å². The molecule has 1 rings (SSSR count). The van der Waals surface area contributed by atoms with E-state index >= 15 is 0 Å². The molecule has 19 heavy (non-hydrogen) atoms. The molecule has 0 saturated carbocycles. The summed E-state index contributed by atoms with van der Waals surface area (Å²) in [6, 6.07) is 6.43. The van der Waals surface area contributed by atoms with Crippen LogP contribution in [-0.4, -0.2) is 11.7 Å². The largest absolute Gasteiger partial charge is 0.396 e. The lowest BCUT2D eigenvalue weighted by Crippen LogP contribution is -2.29. The first-order valence-corrected chi connectivity index (χ1v) is 7.16.